The Balaban J connectivity index is 2.01. The van der Waals surface area contributed by atoms with Crippen molar-refractivity contribution in [1.29, 1.82) is 0 Å². The molecule has 0 radical (unpaired) electrons. The van der Waals surface area contributed by atoms with Crippen LogP contribution in [0.5, 0.6) is 0 Å². The van der Waals surface area contributed by atoms with Gasteiger partial charge in [0.05, 0.1) is 6.10 Å². The maximum Gasteiger partial charge on any atom is 0.0791 e. The molecule has 64 valence electrons. The van der Waals surface area contributed by atoms with Crippen molar-refractivity contribution < 1.29 is 4.74 Å². The van der Waals surface area contributed by atoms with E-state index in [1.807, 2.05) is 0 Å². The van der Waals surface area contributed by atoms with Gasteiger partial charge in [-0.1, -0.05) is 12.2 Å². The topological polar surface area (TPSA) is 9.23 Å². The van der Waals surface area contributed by atoms with Crippen LogP contribution in [0.15, 0.2) is 23.3 Å². The summed E-state index contributed by atoms with van der Waals surface area (Å²) < 4.78 is 5.81. The molecule has 2 atom stereocenters. The molecule has 1 fully saturated rings. The van der Waals surface area contributed by atoms with Gasteiger partial charge in [0.15, 0.2) is 0 Å². The highest BCUT2D eigenvalue weighted by Crippen LogP contribution is 2.41. The minimum absolute atomic E-state index is 0.495. The zero-order valence-corrected chi connectivity index (χ0v) is 7.25. The van der Waals surface area contributed by atoms with Gasteiger partial charge < -0.3 is 4.74 Å². The SMILES string of the molecule is C1=CC2CCOC3CCCC3=C12. The summed E-state index contributed by atoms with van der Waals surface area (Å²) >= 11 is 0. The van der Waals surface area contributed by atoms with E-state index in [1.54, 1.807) is 11.1 Å². The second kappa shape index (κ2) is 2.46. The van der Waals surface area contributed by atoms with Gasteiger partial charge in [-0.15, -0.1) is 0 Å². The van der Waals surface area contributed by atoms with Gasteiger partial charge in [-0.25, -0.2) is 0 Å². The smallest absolute Gasteiger partial charge is 0.0791 e. The second-order valence-corrected chi connectivity index (χ2v) is 3.99. The summed E-state index contributed by atoms with van der Waals surface area (Å²) in [6.45, 7) is 0.965. The molecule has 3 rings (SSSR count). The molecule has 0 amide bonds. The third-order valence-corrected chi connectivity index (χ3v) is 3.33. The fourth-order valence-electron chi connectivity index (χ4n) is 2.59. The average molecular weight is 162 g/mol. The average Bonchev–Trinajstić information content (AvgIpc) is 2.41. The Hall–Kier alpha value is -0.560. The van der Waals surface area contributed by atoms with Crippen LogP contribution in [0.3, 0.4) is 0 Å². The first-order valence-electron chi connectivity index (χ1n) is 4.98. The molecule has 2 unspecified atom stereocenters. The molecule has 0 saturated heterocycles. The Labute approximate surface area is 73.1 Å². The molecule has 1 saturated carbocycles. The first-order valence-corrected chi connectivity index (χ1v) is 4.98. The zero-order chi connectivity index (χ0) is 7.97. The highest BCUT2D eigenvalue weighted by Gasteiger charge is 2.31. The molecule has 0 aromatic heterocycles. The molecule has 1 aliphatic heterocycles. The maximum atomic E-state index is 5.81. The molecule has 0 bridgehead atoms. The largest absolute Gasteiger partial charge is 0.374 e. The monoisotopic (exact) mass is 162 g/mol. The van der Waals surface area contributed by atoms with E-state index in [1.165, 1.54) is 25.7 Å². The molecular formula is C11H14O. The molecule has 0 aromatic carbocycles. The van der Waals surface area contributed by atoms with Crippen molar-refractivity contribution in [2.45, 2.75) is 31.8 Å². The van der Waals surface area contributed by atoms with Gasteiger partial charge in [0, 0.05) is 12.5 Å². The highest BCUT2D eigenvalue weighted by molar-refractivity contribution is 5.42. The third-order valence-electron chi connectivity index (χ3n) is 3.33. The van der Waals surface area contributed by atoms with Crippen LogP contribution in [-0.2, 0) is 4.74 Å². The van der Waals surface area contributed by atoms with Crippen LogP contribution in [0.25, 0.3) is 0 Å². The van der Waals surface area contributed by atoms with E-state index < -0.39 is 0 Å². The lowest BCUT2D eigenvalue weighted by Crippen LogP contribution is -2.11. The summed E-state index contributed by atoms with van der Waals surface area (Å²) in [5.41, 5.74) is 3.25. The normalized spacial score (nSPS) is 38.7. The summed E-state index contributed by atoms with van der Waals surface area (Å²) in [7, 11) is 0. The number of hydrogen-bond acceptors (Lipinski definition) is 1. The van der Waals surface area contributed by atoms with Gasteiger partial charge in [0.2, 0.25) is 0 Å². The van der Waals surface area contributed by atoms with Gasteiger partial charge in [-0.05, 0) is 36.8 Å². The molecule has 0 spiro atoms. The summed E-state index contributed by atoms with van der Waals surface area (Å²) in [6.07, 6.45) is 10.2. The fourth-order valence-corrected chi connectivity index (χ4v) is 2.59. The Morgan fingerprint density at radius 3 is 3.17 bits per heavy atom. The first-order chi connectivity index (χ1) is 5.95. The quantitative estimate of drug-likeness (QED) is 0.531. The van der Waals surface area contributed by atoms with Crippen LogP contribution in [-0.4, -0.2) is 12.7 Å². The molecule has 1 heterocycles. The van der Waals surface area contributed by atoms with Crippen molar-refractivity contribution in [2.24, 2.45) is 5.92 Å². The molecule has 0 N–H and O–H groups in total. The van der Waals surface area contributed by atoms with Crippen LogP contribution in [0.2, 0.25) is 0 Å². The third kappa shape index (κ3) is 0.831. The predicted molar refractivity (Wildman–Crippen MR) is 47.9 cm³/mol. The van der Waals surface area contributed by atoms with Crippen molar-refractivity contribution in [2.75, 3.05) is 6.61 Å². The fraction of sp³-hybridized carbons (Fsp3) is 0.636. The van der Waals surface area contributed by atoms with Gasteiger partial charge in [-0.3, -0.25) is 0 Å². The molecular weight excluding hydrogens is 148 g/mol. The molecule has 1 heteroatoms. The molecule has 12 heavy (non-hydrogen) atoms. The lowest BCUT2D eigenvalue weighted by molar-refractivity contribution is 0.0825. The van der Waals surface area contributed by atoms with E-state index in [-0.39, 0.29) is 0 Å². The second-order valence-electron chi connectivity index (χ2n) is 3.99. The van der Waals surface area contributed by atoms with Crippen molar-refractivity contribution in [3.05, 3.63) is 23.3 Å². The van der Waals surface area contributed by atoms with Gasteiger partial charge in [0.25, 0.3) is 0 Å². The van der Waals surface area contributed by atoms with E-state index in [4.69, 9.17) is 4.74 Å². The number of allylic oxidation sites excluding steroid dienone is 3. The summed E-state index contributed by atoms with van der Waals surface area (Å²) in [4.78, 5) is 0. The molecule has 2 aliphatic carbocycles. The lowest BCUT2D eigenvalue weighted by atomic mass is 9.82. The number of fused-ring (bicyclic) bond motifs is 2. The molecule has 1 nitrogen and oxygen atoms in total. The van der Waals surface area contributed by atoms with Crippen molar-refractivity contribution in [1.82, 2.24) is 0 Å². The van der Waals surface area contributed by atoms with E-state index in [0.717, 1.165) is 12.5 Å². The molecule has 0 aromatic rings. The van der Waals surface area contributed by atoms with E-state index in [0.29, 0.717) is 6.10 Å². The number of hydrogen-bond donors (Lipinski definition) is 0. The Kier molecular flexibility index (Phi) is 1.42. The summed E-state index contributed by atoms with van der Waals surface area (Å²) in [5.74, 6) is 0.753. The lowest BCUT2D eigenvalue weighted by Gasteiger charge is -2.22. The maximum absolute atomic E-state index is 5.81. The van der Waals surface area contributed by atoms with Crippen LogP contribution in [0.4, 0.5) is 0 Å². The van der Waals surface area contributed by atoms with E-state index >= 15 is 0 Å². The van der Waals surface area contributed by atoms with Crippen LogP contribution in [0.1, 0.15) is 25.7 Å². The van der Waals surface area contributed by atoms with Crippen LogP contribution >= 0.6 is 0 Å². The standard InChI is InChI=1S/C11H14O/c1-2-10-9-5-4-8(9)6-7-12-11(10)3-1/h4-5,8,11H,1-3,6-7H2. The predicted octanol–water partition coefficient (Wildman–Crippen LogP) is 2.44. The van der Waals surface area contributed by atoms with Gasteiger partial charge in [0.1, 0.15) is 0 Å². The zero-order valence-electron chi connectivity index (χ0n) is 7.25. The van der Waals surface area contributed by atoms with Crippen molar-refractivity contribution in [3.63, 3.8) is 0 Å². The van der Waals surface area contributed by atoms with Gasteiger partial charge in [-0.2, -0.15) is 0 Å². The minimum Gasteiger partial charge on any atom is -0.374 e. The van der Waals surface area contributed by atoms with Gasteiger partial charge >= 0.3 is 0 Å². The molecule has 3 aliphatic rings. The number of rotatable bonds is 0. The Bertz CT molecular complexity index is 262. The van der Waals surface area contributed by atoms with Crippen molar-refractivity contribution in [3.8, 4) is 0 Å². The summed E-state index contributed by atoms with van der Waals surface area (Å²) in [5, 5.41) is 0. The number of ether oxygens (including phenoxy) is 1. The summed E-state index contributed by atoms with van der Waals surface area (Å²) in [6, 6.07) is 0. The van der Waals surface area contributed by atoms with Crippen LogP contribution < -0.4 is 0 Å². The van der Waals surface area contributed by atoms with E-state index in [9.17, 15) is 0 Å². The first kappa shape index (κ1) is 6.90. The van der Waals surface area contributed by atoms with Crippen molar-refractivity contribution >= 4 is 0 Å². The Morgan fingerprint density at radius 1 is 1.33 bits per heavy atom. The Morgan fingerprint density at radius 2 is 2.33 bits per heavy atom. The van der Waals surface area contributed by atoms with E-state index in [2.05, 4.69) is 12.2 Å². The highest BCUT2D eigenvalue weighted by atomic mass is 16.5. The minimum atomic E-state index is 0.495. The van der Waals surface area contributed by atoms with Crippen LogP contribution in [0, 0.1) is 5.92 Å².